The summed E-state index contributed by atoms with van der Waals surface area (Å²) in [5.41, 5.74) is 7.49. The summed E-state index contributed by atoms with van der Waals surface area (Å²) in [6.07, 6.45) is 3.63. The summed E-state index contributed by atoms with van der Waals surface area (Å²) >= 11 is 0. The number of rotatable bonds is 7. The van der Waals surface area contributed by atoms with Crippen molar-refractivity contribution in [1.82, 2.24) is 9.97 Å². The van der Waals surface area contributed by atoms with E-state index in [9.17, 15) is 4.39 Å². The summed E-state index contributed by atoms with van der Waals surface area (Å²) in [5.74, 6) is 0.969. The third-order valence-electron chi connectivity index (χ3n) is 3.08. The zero-order valence-electron chi connectivity index (χ0n) is 12.1. The number of hydrogen-bond acceptors (Lipinski definition) is 5. The molecule has 0 aliphatic heterocycles. The van der Waals surface area contributed by atoms with Crippen molar-refractivity contribution in [3.05, 3.63) is 42.0 Å². The molecule has 0 bridgehead atoms. The number of benzene rings is 1. The van der Waals surface area contributed by atoms with Crippen LogP contribution in [0.4, 0.5) is 21.7 Å². The Kier molecular flexibility index (Phi) is 5.31. The van der Waals surface area contributed by atoms with Crippen molar-refractivity contribution in [2.75, 3.05) is 22.9 Å². The number of anilines is 3. The minimum atomic E-state index is -0.247. The molecule has 0 saturated heterocycles. The van der Waals surface area contributed by atoms with Gasteiger partial charge in [-0.2, -0.15) is 0 Å². The Morgan fingerprint density at radius 2 is 1.76 bits per heavy atom. The van der Waals surface area contributed by atoms with Crippen molar-refractivity contribution in [3.63, 3.8) is 0 Å². The second-order valence-electron chi connectivity index (χ2n) is 4.74. The summed E-state index contributed by atoms with van der Waals surface area (Å²) in [5, 5.41) is 6.34. The highest BCUT2D eigenvalue weighted by Gasteiger charge is 2.07. The Morgan fingerprint density at radius 3 is 2.43 bits per heavy atom. The Balaban J connectivity index is 1.99. The fourth-order valence-corrected chi connectivity index (χ4v) is 1.85. The van der Waals surface area contributed by atoms with Crippen molar-refractivity contribution in [1.29, 1.82) is 0 Å². The first kappa shape index (κ1) is 15.0. The summed E-state index contributed by atoms with van der Waals surface area (Å²) in [6.45, 7) is 3.48. The van der Waals surface area contributed by atoms with Crippen LogP contribution in [0.15, 0.2) is 30.6 Å². The van der Waals surface area contributed by atoms with Gasteiger partial charge in [0.1, 0.15) is 17.8 Å². The van der Waals surface area contributed by atoms with Gasteiger partial charge in [-0.3, -0.25) is 0 Å². The van der Waals surface area contributed by atoms with E-state index in [0.29, 0.717) is 23.9 Å². The second-order valence-corrected chi connectivity index (χ2v) is 4.74. The zero-order valence-corrected chi connectivity index (χ0v) is 12.1. The molecule has 5 nitrogen and oxygen atoms in total. The minimum absolute atomic E-state index is 0.247. The van der Waals surface area contributed by atoms with Crippen molar-refractivity contribution in [2.24, 2.45) is 0 Å². The van der Waals surface area contributed by atoms with Gasteiger partial charge in [0.15, 0.2) is 11.6 Å². The first-order chi connectivity index (χ1) is 10.2. The van der Waals surface area contributed by atoms with E-state index < -0.39 is 0 Å². The lowest BCUT2D eigenvalue weighted by Gasteiger charge is -2.12. The first-order valence-electron chi connectivity index (χ1n) is 7.03. The van der Waals surface area contributed by atoms with E-state index in [4.69, 9.17) is 5.73 Å². The second kappa shape index (κ2) is 7.42. The summed E-state index contributed by atoms with van der Waals surface area (Å²) < 4.78 is 12.8. The Hall–Kier alpha value is -2.37. The summed E-state index contributed by atoms with van der Waals surface area (Å²) in [6, 6.07) is 6.30. The highest BCUT2D eigenvalue weighted by molar-refractivity contribution is 5.73. The molecule has 1 aromatic heterocycles. The van der Waals surface area contributed by atoms with Crippen molar-refractivity contribution in [2.45, 2.75) is 26.3 Å². The molecule has 0 amide bonds. The molecule has 6 heteroatoms. The largest absolute Gasteiger partial charge is 0.393 e. The number of hydrogen-bond donors (Lipinski definition) is 3. The molecular weight excluding hydrogens is 269 g/mol. The number of nitrogens with two attached hydrogens (primary N) is 1. The van der Waals surface area contributed by atoms with Crippen LogP contribution in [-0.2, 0) is 6.54 Å². The molecule has 112 valence electrons. The van der Waals surface area contributed by atoms with E-state index in [1.54, 1.807) is 12.1 Å². The molecule has 2 aromatic rings. The normalized spacial score (nSPS) is 10.4. The Bertz CT molecular complexity index is 571. The number of nitrogen functional groups attached to an aromatic ring is 1. The minimum Gasteiger partial charge on any atom is -0.393 e. The summed E-state index contributed by atoms with van der Waals surface area (Å²) in [7, 11) is 0. The summed E-state index contributed by atoms with van der Waals surface area (Å²) in [4.78, 5) is 8.28. The molecule has 0 spiro atoms. The van der Waals surface area contributed by atoms with Gasteiger partial charge < -0.3 is 16.4 Å². The van der Waals surface area contributed by atoms with Crippen molar-refractivity contribution in [3.8, 4) is 0 Å². The van der Waals surface area contributed by atoms with Crippen LogP contribution >= 0.6 is 0 Å². The maximum atomic E-state index is 12.8. The number of nitrogens with zero attached hydrogens (tertiary/aromatic N) is 2. The van der Waals surface area contributed by atoms with Crippen molar-refractivity contribution >= 4 is 17.3 Å². The SMILES string of the molecule is CCCCNc1ncnc(NCc2ccc(F)cc2)c1N. The highest BCUT2D eigenvalue weighted by atomic mass is 19.1. The van der Waals surface area contributed by atoms with Gasteiger partial charge in [-0.05, 0) is 24.1 Å². The quantitative estimate of drug-likeness (QED) is 0.683. The van der Waals surface area contributed by atoms with Crippen LogP contribution in [0.5, 0.6) is 0 Å². The van der Waals surface area contributed by atoms with Gasteiger partial charge in [-0.1, -0.05) is 25.5 Å². The van der Waals surface area contributed by atoms with E-state index in [-0.39, 0.29) is 5.82 Å². The topological polar surface area (TPSA) is 75.9 Å². The van der Waals surface area contributed by atoms with Crippen LogP contribution < -0.4 is 16.4 Å². The number of unbranched alkanes of at least 4 members (excludes halogenated alkanes) is 1. The molecule has 2 rings (SSSR count). The molecule has 4 N–H and O–H groups in total. The van der Waals surface area contributed by atoms with Crippen LogP contribution in [0.2, 0.25) is 0 Å². The predicted molar refractivity (Wildman–Crippen MR) is 83.6 cm³/mol. The zero-order chi connectivity index (χ0) is 15.1. The molecule has 0 aliphatic rings. The third-order valence-corrected chi connectivity index (χ3v) is 3.08. The lowest BCUT2D eigenvalue weighted by atomic mass is 10.2. The lowest BCUT2D eigenvalue weighted by molar-refractivity contribution is 0.627. The van der Waals surface area contributed by atoms with Crippen LogP contribution in [0, 0.1) is 5.82 Å². The van der Waals surface area contributed by atoms with Crippen molar-refractivity contribution < 1.29 is 4.39 Å². The average molecular weight is 289 g/mol. The molecule has 1 aromatic carbocycles. The van der Waals surface area contributed by atoms with E-state index in [1.165, 1.54) is 18.5 Å². The number of halogens is 1. The van der Waals surface area contributed by atoms with Crippen LogP contribution in [0.3, 0.4) is 0 Å². The lowest BCUT2D eigenvalue weighted by Crippen LogP contribution is -2.10. The number of nitrogens with one attached hydrogen (secondary N) is 2. The van der Waals surface area contributed by atoms with Crippen LogP contribution in [0.1, 0.15) is 25.3 Å². The molecule has 0 radical (unpaired) electrons. The van der Waals surface area contributed by atoms with Gasteiger partial charge in [-0.25, -0.2) is 14.4 Å². The molecule has 0 unspecified atom stereocenters. The molecule has 0 saturated carbocycles. The highest BCUT2D eigenvalue weighted by Crippen LogP contribution is 2.22. The van der Waals surface area contributed by atoms with Crippen LogP contribution in [-0.4, -0.2) is 16.5 Å². The fourth-order valence-electron chi connectivity index (χ4n) is 1.85. The van der Waals surface area contributed by atoms with E-state index >= 15 is 0 Å². The van der Waals surface area contributed by atoms with E-state index in [2.05, 4.69) is 27.5 Å². The van der Waals surface area contributed by atoms with Crippen LogP contribution in [0.25, 0.3) is 0 Å². The molecule has 0 atom stereocenters. The Morgan fingerprint density at radius 1 is 1.10 bits per heavy atom. The van der Waals surface area contributed by atoms with Gasteiger partial charge in [0.2, 0.25) is 0 Å². The van der Waals surface area contributed by atoms with Gasteiger partial charge in [0, 0.05) is 13.1 Å². The molecule has 1 heterocycles. The van der Waals surface area contributed by atoms with Gasteiger partial charge in [0.25, 0.3) is 0 Å². The van der Waals surface area contributed by atoms with E-state index in [1.807, 2.05) is 0 Å². The number of aromatic nitrogens is 2. The van der Waals surface area contributed by atoms with Gasteiger partial charge in [-0.15, -0.1) is 0 Å². The Labute approximate surface area is 123 Å². The predicted octanol–water partition coefficient (Wildman–Crippen LogP) is 3.02. The standard InChI is InChI=1S/C15H20FN5/c1-2-3-8-18-14-13(17)15(21-10-20-14)19-9-11-4-6-12(16)7-5-11/h4-7,10H,2-3,8-9,17H2,1H3,(H2,18,19,20,21). The molecule has 0 aliphatic carbocycles. The molecular formula is C15H20FN5. The maximum Gasteiger partial charge on any atom is 0.155 e. The maximum absolute atomic E-state index is 12.8. The van der Waals surface area contributed by atoms with Gasteiger partial charge >= 0.3 is 0 Å². The van der Waals surface area contributed by atoms with Gasteiger partial charge in [0.05, 0.1) is 0 Å². The molecule has 21 heavy (non-hydrogen) atoms. The third kappa shape index (κ3) is 4.30. The first-order valence-corrected chi connectivity index (χ1v) is 7.03. The van der Waals surface area contributed by atoms with E-state index in [0.717, 1.165) is 24.9 Å². The monoisotopic (exact) mass is 289 g/mol. The smallest absolute Gasteiger partial charge is 0.155 e. The molecule has 0 fully saturated rings. The fraction of sp³-hybridized carbons (Fsp3) is 0.333. The average Bonchev–Trinajstić information content (AvgIpc) is 2.49.